The summed E-state index contributed by atoms with van der Waals surface area (Å²) in [5, 5.41) is 8.41. The molecule has 0 spiro atoms. The van der Waals surface area contributed by atoms with Gasteiger partial charge in [0.25, 0.3) is 0 Å². The third-order valence-corrected chi connectivity index (χ3v) is 1.38. The molecule has 0 amide bonds. The molecular formula is C7H5ClO3Sn. The van der Waals surface area contributed by atoms with Gasteiger partial charge in [0, 0.05) is 28.9 Å². The van der Waals surface area contributed by atoms with Gasteiger partial charge >= 0.3 is 5.97 Å². The maximum absolute atomic E-state index is 10.6. The minimum atomic E-state index is -0.813. The number of benzene rings is 1. The topological polar surface area (TPSA) is 46.5 Å². The molecule has 0 heterocycles. The quantitative estimate of drug-likeness (QED) is 0.485. The molecule has 12 heavy (non-hydrogen) atoms. The Kier molecular flexibility index (Phi) is 5.28. The number of rotatable bonds is 1. The van der Waals surface area contributed by atoms with Crippen molar-refractivity contribution in [2.75, 3.05) is 0 Å². The first-order valence-corrected chi connectivity index (χ1v) is 3.23. The van der Waals surface area contributed by atoms with Crippen LogP contribution in [0.2, 0.25) is 5.02 Å². The van der Waals surface area contributed by atoms with Gasteiger partial charge in [-0.15, -0.1) is 0 Å². The summed E-state index contributed by atoms with van der Waals surface area (Å²) in [5.41, 5.74) is 0.222. The third-order valence-electron chi connectivity index (χ3n) is 1.14. The van der Waals surface area contributed by atoms with Gasteiger partial charge in [0.1, 0.15) is 0 Å². The van der Waals surface area contributed by atoms with Gasteiger partial charge in [-0.05, 0) is 18.2 Å². The maximum Gasteiger partial charge on any atom is 0.372 e. The van der Waals surface area contributed by atoms with Crippen molar-refractivity contribution in [2.45, 2.75) is 0 Å². The molecule has 1 aromatic carbocycles. The maximum atomic E-state index is 10.6. The Morgan fingerprint density at radius 3 is 2.67 bits per heavy atom. The first-order chi connectivity index (χ1) is 5.24. The molecule has 62 valence electrons. The molecule has 0 saturated carbocycles. The molecule has 0 aromatic heterocycles. The van der Waals surface area contributed by atoms with Crippen LogP contribution in [0.15, 0.2) is 24.3 Å². The molecule has 0 aliphatic rings. The zero-order valence-corrected chi connectivity index (χ0v) is 9.56. The Hall–Kier alpha value is -0.261. The van der Waals surface area contributed by atoms with Crippen LogP contribution in [0.1, 0.15) is 10.4 Å². The van der Waals surface area contributed by atoms with Crippen molar-refractivity contribution in [3.05, 3.63) is 34.9 Å². The number of hydrogen-bond donors (Lipinski definition) is 1. The molecule has 0 unspecified atom stereocenters. The van der Waals surface area contributed by atoms with Gasteiger partial charge in [0.2, 0.25) is 0 Å². The summed E-state index contributed by atoms with van der Waals surface area (Å²) in [6.45, 7) is 0. The van der Waals surface area contributed by atoms with Gasteiger partial charge in [-0.3, -0.25) is 4.89 Å². The second-order valence-corrected chi connectivity index (χ2v) is 2.33. The average Bonchev–Trinajstić information content (AvgIpc) is 2.03. The Balaban J connectivity index is 0.00000121. The predicted molar refractivity (Wildman–Crippen MR) is 45.3 cm³/mol. The van der Waals surface area contributed by atoms with E-state index < -0.39 is 5.97 Å². The van der Waals surface area contributed by atoms with E-state index in [1.165, 1.54) is 12.1 Å². The number of hydrogen-bond acceptors (Lipinski definition) is 3. The van der Waals surface area contributed by atoms with Gasteiger partial charge < -0.3 is 0 Å². The first-order valence-electron chi connectivity index (χ1n) is 2.85. The van der Waals surface area contributed by atoms with Gasteiger partial charge in [-0.1, -0.05) is 17.7 Å². The van der Waals surface area contributed by atoms with Crippen LogP contribution in [0.3, 0.4) is 0 Å². The second kappa shape index (κ2) is 5.40. The molecule has 0 bridgehead atoms. The molecule has 0 aliphatic heterocycles. The van der Waals surface area contributed by atoms with E-state index in [1.54, 1.807) is 12.1 Å². The molecule has 0 aliphatic carbocycles. The fourth-order valence-electron chi connectivity index (χ4n) is 0.668. The van der Waals surface area contributed by atoms with Crippen LogP contribution in [-0.2, 0) is 4.89 Å². The molecule has 1 rings (SSSR count). The molecule has 0 fully saturated rings. The van der Waals surface area contributed by atoms with Gasteiger partial charge in [-0.25, -0.2) is 4.79 Å². The fourth-order valence-corrected chi connectivity index (χ4v) is 0.858. The van der Waals surface area contributed by atoms with Crippen molar-refractivity contribution >= 4 is 41.5 Å². The van der Waals surface area contributed by atoms with Crippen molar-refractivity contribution in [1.82, 2.24) is 0 Å². The van der Waals surface area contributed by atoms with Crippen molar-refractivity contribution < 1.29 is 14.9 Å². The summed E-state index contributed by atoms with van der Waals surface area (Å²) in [5.74, 6) is -0.813. The van der Waals surface area contributed by atoms with Gasteiger partial charge in [0.15, 0.2) is 0 Å². The number of carbonyl (C=O) groups is 1. The van der Waals surface area contributed by atoms with Crippen molar-refractivity contribution in [3.8, 4) is 0 Å². The molecule has 3 nitrogen and oxygen atoms in total. The Labute approximate surface area is 91.2 Å². The summed E-state index contributed by atoms with van der Waals surface area (Å²) < 4.78 is 0. The van der Waals surface area contributed by atoms with Crippen molar-refractivity contribution in [1.29, 1.82) is 0 Å². The van der Waals surface area contributed by atoms with Crippen LogP contribution in [0, 0.1) is 0 Å². The van der Waals surface area contributed by atoms with Crippen molar-refractivity contribution in [3.63, 3.8) is 0 Å². The molecule has 1 aromatic rings. The largest absolute Gasteiger partial charge is 0.372 e. The SMILES string of the molecule is O=C(OO)c1cccc(Cl)c1.[Sn]. The summed E-state index contributed by atoms with van der Waals surface area (Å²) in [6, 6.07) is 6.11. The van der Waals surface area contributed by atoms with E-state index in [0.717, 1.165) is 0 Å². The van der Waals surface area contributed by atoms with Gasteiger partial charge in [0.05, 0.1) is 5.56 Å². The number of halogens is 1. The minimum absolute atomic E-state index is 0. The molecular weight excluding hydrogens is 286 g/mol. The molecule has 0 atom stereocenters. The summed E-state index contributed by atoms with van der Waals surface area (Å²) in [6.07, 6.45) is 0. The van der Waals surface area contributed by atoms with E-state index in [0.29, 0.717) is 5.02 Å². The summed E-state index contributed by atoms with van der Waals surface area (Å²) in [4.78, 5) is 14.1. The van der Waals surface area contributed by atoms with Crippen molar-refractivity contribution in [2.24, 2.45) is 0 Å². The fraction of sp³-hybridized carbons (Fsp3) is 0. The second-order valence-electron chi connectivity index (χ2n) is 1.89. The number of carbonyl (C=O) groups excluding carboxylic acids is 1. The van der Waals surface area contributed by atoms with Crippen LogP contribution in [0.4, 0.5) is 0 Å². The predicted octanol–water partition coefficient (Wildman–Crippen LogP) is 1.59. The average molecular weight is 291 g/mol. The van der Waals surface area contributed by atoms with Crippen LogP contribution >= 0.6 is 11.6 Å². The van der Waals surface area contributed by atoms with Crippen LogP contribution in [0.5, 0.6) is 0 Å². The normalized spacial score (nSPS) is 8.50. The zero-order valence-electron chi connectivity index (χ0n) is 5.95. The van der Waals surface area contributed by atoms with E-state index in [4.69, 9.17) is 16.9 Å². The molecule has 4 radical (unpaired) electrons. The first kappa shape index (κ1) is 11.7. The Morgan fingerprint density at radius 2 is 2.17 bits per heavy atom. The van der Waals surface area contributed by atoms with Gasteiger partial charge in [-0.2, -0.15) is 5.26 Å². The molecule has 5 heteroatoms. The summed E-state index contributed by atoms with van der Waals surface area (Å²) >= 11 is 5.56. The van der Waals surface area contributed by atoms with E-state index in [9.17, 15) is 4.79 Å². The zero-order chi connectivity index (χ0) is 8.27. The van der Waals surface area contributed by atoms with Crippen LogP contribution in [0.25, 0.3) is 0 Å². The van der Waals surface area contributed by atoms with Crippen LogP contribution < -0.4 is 0 Å². The third kappa shape index (κ3) is 3.00. The Morgan fingerprint density at radius 1 is 1.50 bits per heavy atom. The summed E-state index contributed by atoms with van der Waals surface area (Å²) in [7, 11) is 0. The standard InChI is InChI=1S/C7H5ClO3.Sn/c8-6-3-1-2-5(4-6)7(9)11-10;/h1-4,10H;. The van der Waals surface area contributed by atoms with E-state index in [2.05, 4.69) is 4.89 Å². The smallest absolute Gasteiger partial charge is 0.296 e. The molecule has 1 N–H and O–H groups in total. The van der Waals surface area contributed by atoms with E-state index in [1.807, 2.05) is 0 Å². The monoisotopic (exact) mass is 292 g/mol. The minimum Gasteiger partial charge on any atom is -0.296 e. The van der Waals surface area contributed by atoms with E-state index in [-0.39, 0.29) is 29.5 Å². The van der Waals surface area contributed by atoms with Crippen LogP contribution in [-0.4, -0.2) is 35.1 Å². The van der Waals surface area contributed by atoms with E-state index >= 15 is 0 Å². The Bertz CT molecular complexity index is 277. The molecule has 0 saturated heterocycles.